The van der Waals surface area contributed by atoms with Gasteiger partial charge in [0, 0.05) is 0 Å². The minimum Gasteiger partial charge on any atom is -0.682 e. The first-order valence-corrected chi connectivity index (χ1v) is 1.94. The Labute approximate surface area is 43.7 Å². The van der Waals surface area contributed by atoms with E-state index in [4.69, 9.17) is 9.84 Å². The molecule has 0 fully saturated rings. The quantitative estimate of drug-likeness (QED) is 0.386. The highest BCUT2D eigenvalue weighted by atomic mass is 19.3. The van der Waals surface area contributed by atoms with Crippen LogP contribution in [0.4, 0.5) is 4.53 Å². The molecule has 0 radical (unpaired) electrons. The summed E-state index contributed by atoms with van der Waals surface area (Å²) in [4.78, 5) is 0. The molecule has 0 saturated carbocycles. The van der Waals surface area contributed by atoms with E-state index in [2.05, 4.69) is 28.2 Å². The molecule has 0 aromatic rings. The molecular formula is C4H12FNO. The number of halogens is 1. The predicted molar refractivity (Wildman–Crippen MR) is 25.1 cm³/mol. The third-order valence-corrected chi connectivity index (χ3v) is 0. The Morgan fingerprint density at radius 1 is 1.00 bits per heavy atom. The van der Waals surface area contributed by atoms with Crippen LogP contribution in [0.1, 0.15) is 0 Å². The van der Waals surface area contributed by atoms with E-state index in [1.54, 1.807) is 0 Å². The van der Waals surface area contributed by atoms with Crippen LogP contribution >= 0.6 is 0 Å². The minimum absolute atomic E-state index is 1.00. The number of hydrogen-bond acceptors (Lipinski definition) is 1. The Bertz CT molecular complexity index is 27.2. The summed E-state index contributed by atoms with van der Waals surface area (Å²) in [5.74, 6) is 0. The molecule has 0 unspecified atom stereocenters. The zero-order valence-electron chi connectivity index (χ0n) is 5.23. The van der Waals surface area contributed by atoms with Crippen LogP contribution in [-0.4, -0.2) is 32.7 Å². The van der Waals surface area contributed by atoms with Gasteiger partial charge in [-0.25, -0.2) is 0 Å². The lowest BCUT2D eigenvalue weighted by Gasteiger charge is -2.14. The Kier molecular flexibility index (Phi) is 5.72. The second kappa shape index (κ2) is 4.02. The molecule has 2 nitrogen and oxygen atoms in total. The Balaban J connectivity index is 0. The lowest BCUT2D eigenvalue weighted by atomic mass is 10.8. The van der Waals surface area contributed by atoms with Gasteiger partial charge in [0.05, 0.1) is 28.2 Å². The molecule has 0 spiro atoms. The number of hydrogen-bond donors (Lipinski definition) is 0. The van der Waals surface area contributed by atoms with E-state index in [1.165, 1.54) is 0 Å². The zero-order chi connectivity index (χ0) is 6.50. The van der Waals surface area contributed by atoms with E-state index in [1.807, 2.05) is 0 Å². The van der Waals surface area contributed by atoms with Crippen molar-refractivity contribution in [2.24, 2.45) is 0 Å². The van der Waals surface area contributed by atoms with Gasteiger partial charge in [-0.2, -0.15) is 0 Å². The van der Waals surface area contributed by atoms with Crippen LogP contribution in [0.15, 0.2) is 0 Å². The van der Waals surface area contributed by atoms with Crippen molar-refractivity contribution in [2.75, 3.05) is 28.2 Å². The maximum Gasteiger partial charge on any atom is 0.0675 e. The number of quaternary nitrogens is 1. The van der Waals surface area contributed by atoms with Gasteiger partial charge in [0.25, 0.3) is 0 Å². The molecular weight excluding hydrogens is 97.0 g/mol. The summed E-state index contributed by atoms with van der Waals surface area (Å²) >= 11 is 0. The third kappa shape index (κ3) is 3850. The predicted octanol–water partition coefficient (Wildman–Crippen LogP) is -0.446. The first-order valence-electron chi connectivity index (χ1n) is 1.94. The van der Waals surface area contributed by atoms with Crippen LogP contribution in [0.2, 0.25) is 0 Å². The standard InChI is InChI=1S/C4H12N.FO/c1-5(2,3)4;1-2/h1-4H3;/q+1;-1. The van der Waals surface area contributed by atoms with Crippen molar-refractivity contribution in [1.29, 1.82) is 0 Å². The summed E-state index contributed by atoms with van der Waals surface area (Å²) in [5, 5.41) is 6.75. The lowest BCUT2D eigenvalue weighted by molar-refractivity contribution is -0.849. The Hall–Kier alpha value is -0.150. The normalized spacial score (nSPS) is 9.43. The maximum absolute atomic E-state index is 8.25. The van der Waals surface area contributed by atoms with Gasteiger partial charge in [0.2, 0.25) is 0 Å². The van der Waals surface area contributed by atoms with E-state index in [0.29, 0.717) is 0 Å². The topological polar surface area (TPSA) is 23.1 Å². The first kappa shape index (κ1) is 9.97. The fourth-order valence-corrected chi connectivity index (χ4v) is 0. The summed E-state index contributed by atoms with van der Waals surface area (Å²) in [5.41, 5.74) is 0. The molecule has 0 saturated heterocycles. The number of rotatable bonds is 0. The average Bonchev–Trinajstić information content (AvgIpc) is 1.36. The van der Waals surface area contributed by atoms with Crippen molar-refractivity contribution in [1.82, 2.24) is 0 Å². The largest absolute Gasteiger partial charge is 0.682 e. The molecule has 0 N–H and O–H groups in total. The van der Waals surface area contributed by atoms with Crippen molar-refractivity contribution < 1.29 is 14.3 Å². The summed E-state index contributed by atoms with van der Waals surface area (Å²) in [6, 6.07) is 0. The van der Waals surface area contributed by atoms with E-state index >= 15 is 0 Å². The van der Waals surface area contributed by atoms with Crippen molar-refractivity contribution in [3.8, 4) is 0 Å². The molecule has 0 atom stereocenters. The van der Waals surface area contributed by atoms with Gasteiger partial charge in [0.15, 0.2) is 0 Å². The third-order valence-electron chi connectivity index (χ3n) is 0. The fraction of sp³-hybridized carbons (Fsp3) is 1.00. The molecule has 0 aromatic carbocycles. The molecule has 0 aromatic heterocycles. The summed E-state index contributed by atoms with van der Waals surface area (Å²) in [7, 11) is 8.50. The van der Waals surface area contributed by atoms with E-state index in [-0.39, 0.29) is 0 Å². The van der Waals surface area contributed by atoms with Gasteiger partial charge in [-0.3, -0.25) is 0 Å². The van der Waals surface area contributed by atoms with Crippen LogP contribution in [0.3, 0.4) is 0 Å². The second-order valence-electron chi connectivity index (χ2n) is 2.68. The van der Waals surface area contributed by atoms with Gasteiger partial charge >= 0.3 is 0 Å². The highest BCUT2D eigenvalue weighted by molar-refractivity contribution is 3.87. The molecule has 0 heterocycles. The fourth-order valence-electron chi connectivity index (χ4n) is 0. The van der Waals surface area contributed by atoms with Crippen molar-refractivity contribution in [3.05, 3.63) is 0 Å². The average molecular weight is 109 g/mol. The monoisotopic (exact) mass is 109 g/mol. The molecule has 0 aliphatic heterocycles. The smallest absolute Gasteiger partial charge is 0.0675 e. The van der Waals surface area contributed by atoms with Gasteiger partial charge in [0.1, 0.15) is 0 Å². The van der Waals surface area contributed by atoms with Crippen molar-refractivity contribution >= 4 is 0 Å². The summed E-state index contributed by atoms with van der Waals surface area (Å²) in [6.07, 6.45) is 0. The van der Waals surface area contributed by atoms with Crippen LogP contribution < -0.4 is 5.31 Å². The highest BCUT2D eigenvalue weighted by Crippen LogP contribution is 1.73. The van der Waals surface area contributed by atoms with Gasteiger partial charge < -0.3 is 14.3 Å². The van der Waals surface area contributed by atoms with E-state index in [0.717, 1.165) is 4.48 Å². The molecule has 7 heavy (non-hydrogen) atoms. The zero-order valence-corrected chi connectivity index (χ0v) is 5.23. The van der Waals surface area contributed by atoms with Crippen molar-refractivity contribution in [3.63, 3.8) is 0 Å². The second-order valence-corrected chi connectivity index (χ2v) is 2.68. The molecule has 0 amide bonds. The molecule has 0 bridgehead atoms. The maximum atomic E-state index is 8.25. The Morgan fingerprint density at radius 3 is 1.00 bits per heavy atom. The summed E-state index contributed by atoms with van der Waals surface area (Å²) < 4.78 is 9.25. The minimum atomic E-state index is 1.00. The molecule has 3 heteroatoms. The Morgan fingerprint density at radius 2 is 1.00 bits per heavy atom. The van der Waals surface area contributed by atoms with Crippen LogP contribution in [0, 0.1) is 0 Å². The van der Waals surface area contributed by atoms with E-state index < -0.39 is 0 Å². The van der Waals surface area contributed by atoms with Gasteiger partial charge in [-0.05, 0) is 0 Å². The van der Waals surface area contributed by atoms with Gasteiger partial charge in [-0.15, -0.1) is 0 Å². The molecule has 0 rings (SSSR count). The van der Waals surface area contributed by atoms with Crippen molar-refractivity contribution in [2.45, 2.75) is 0 Å². The van der Waals surface area contributed by atoms with Gasteiger partial charge in [-0.1, -0.05) is 0 Å². The van der Waals surface area contributed by atoms with Crippen LogP contribution in [0.25, 0.3) is 0 Å². The van der Waals surface area contributed by atoms with Crippen LogP contribution in [0.5, 0.6) is 0 Å². The first-order chi connectivity index (χ1) is 3.00. The SMILES string of the molecule is C[N+](C)(C)C.[O-]F. The molecule has 0 aliphatic rings. The van der Waals surface area contributed by atoms with E-state index in [9.17, 15) is 0 Å². The lowest BCUT2D eigenvalue weighted by Crippen LogP contribution is -2.27. The summed E-state index contributed by atoms with van der Waals surface area (Å²) in [6.45, 7) is 0. The number of nitrogens with zero attached hydrogens (tertiary/aromatic N) is 1. The molecule has 0 aliphatic carbocycles. The molecule has 46 valence electrons. The highest BCUT2D eigenvalue weighted by Gasteiger charge is 1.88. The van der Waals surface area contributed by atoms with Crippen LogP contribution in [-0.2, 0) is 0 Å².